The minimum absolute atomic E-state index is 0.204. The van der Waals surface area contributed by atoms with Crippen LogP contribution in [0.25, 0.3) is 0 Å². The number of carbonyl (C=O) groups is 1. The molecule has 0 radical (unpaired) electrons. The maximum Gasteiger partial charge on any atom is 0.271 e. The number of halogens is 1. The Kier molecular flexibility index (Phi) is 6.51. The second-order valence-corrected chi connectivity index (χ2v) is 7.69. The number of hydrogen-bond acceptors (Lipinski definition) is 6. The first-order valence-electron chi connectivity index (χ1n) is 10.2. The van der Waals surface area contributed by atoms with Gasteiger partial charge >= 0.3 is 0 Å². The van der Waals surface area contributed by atoms with Crippen LogP contribution in [0.15, 0.2) is 60.7 Å². The number of benzene rings is 3. The van der Waals surface area contributed by atoms with E-state index in [2.05, 4.69) is 0 Å². The number of anilines is 1. The van der Waals surface area contributed by atoms with Crippen molar-refractivity contribution in [3.63, 3.8) is 0 Å². The van der Waals surface area contributed by atoms with E-state index >= 15 is 0 Å². The van der Waals surface area contributed by atoms with Crippen LogP contribution in [0, 0.1) is 0 Å². The summed E-state index contributed by atoms with van der Waals surface area (Å²) >= 11 is 6.40. The summed E-state index contributed by atoms with van der Waals surface area (Å²) in [6.07, 6.45) is -0.740. The molecule has 0 spiro atoms. The molecule has 1 aliphatic heterocycles. The number of amides is 1. The average Bonchev–Trinajstić information content (AvgIpc) is 2.85. The van der Waals surface area contributed by atoms with E-state index in [1.807, 2.05) is 36.4 Å². The van der Waals surface area contributed by atoms with Gasteiger partial charge in [0.25, 0.3) is 5.91 Å². The van der Waals surface area contributed by atoms with Crippen molar-refractivity contribution in [2.24, 2.45) is 0 Å². The van der Waals surface area contributed by atoms with Gasteiger partial charge in [0.05, 0.1) is 39.1 Å². The molecule has 4 rings (SSSR count). The summed E-state index contributed by atoms with van der Waals surface area (Å²) in [5, 5.41) is 0.442. The lowest BCUT2D eigenvalue weighted by Crippen LogP contribution is -2.61. The van der Waals surface area contributed by atoms with E-state index in [4.69, 9.17) is 35.3 Å². The van der Waals surface area contributed by atoms with Crippen LogP contribution in [0.4, 0.5) is 5.69 Å². The minimum atomic E-state index is -0.740. The summed E-state index contributed by atoms with van der Waals surface area (Å²) in [6.45, 7) is 0. The van der Waals surface area contributed by atoms with E-state index in [-0.39, 0.29) is 5.91 Å². The third-order valence-electron chi connectivity index (χ3n) is 5.50. The lowest BCUT2D eigenvalue weighted by atomic mass is 9.89. The largest absolute Gasteiger partial charge is 0.495 e. The Balaban J connectivity index is 1.78. The molecule has 3 aromatic rings. The van der Waals surface area contributed by atoms with Crippen LogP contribution in [-0.2, 0) is 4.79 Å². The highest BCUT2D eigenvalue weighted by Crippen LogP contribution is 2.47. The molecule has 0 saturated carbocycles. The Hall–Kier alpha value is -3.58. The van der Waals surface area contributed by atoms with Crippen molar-refractivity contribution in [2.75, 3.05) is 33.3 Å². The smallest absolute Gasteiger partial charge is 0.271 e. The predicted octanol–water partition coefficient (Wildman–Crippen LogP) is 4.91. The molecule has 1 aliphatic rings. The Morgan fingerprint density at radius 1 is 0.788 bits per heavy atom. The number of methoxy groups -OCH3 is 4. The zero-order valence-electron chi connectivity index (χ0n) is 18.7. The van der Waals surface area contributed by atoms with Crippen LogP contribution >= 0.6 is 11.6 Å². The van der Waals surface area contributed by atoms with E-state index < -0.39 is 12.1 Å². The first-order valence-corrected chi connectivity index (χ1v) is 10.6. The second kappa shape index (κ2) is 9.50. The van der Waals surface area contributed by atoms with Crippen molar-refractivity contribution in [2.45, 2.75) is 12.1 Å². The highest BCUT2D eigenvalue weighted by atomic mass is 35.5. The summed E-state index contributed by atoms with van der Waals surface area (Å²) in [5.41, 5.74) is 1.38. The van der Waals surface area contributed by atoms with E-state index in [1.54, 1.807) is 36.3 Å². The molecule has 1 saturated heterocycles. The van der Waals surface area contributed by atoms with Crippen molar-refractivity contribution in [1.82, 2.24) is 0 Å². The van der Waals surface area contributed by atoms with Crippen molar-refractivity contribution in [3.05, 3.63) is 71.2 Å². The van der Waals surface area contributed by atoms with Gasteiger partial charge in [-0.25, -0.2) is 0 Å². The molecule has 0 aromatic heterocycles. The summed E-state index contributed by atoms with van der Waals surface area (Å²) in [6, 6.07) is 17.7. The third-order valence-corrected chi connectivity index (χ3v) is 5.79. The third kappa shape index (κ3) is 4.12. The maximum absolute atomic E-state index is 13.3. The Morgan fingerprint density at radius 2 is 1.42 bits per heavy atom. The molecular formula is C25H24ClNO6. The van der Waals surface area contributed by atoms with Gasteiger partial charge in [-0.05, 0) is 29.8 Å². The molecule has 172 valence electrons. The summed E-state index contributed by atoms with van der Waals surface area (Å²) in [4.78, 5) is 15.0. The Labute approximate surface area is 197 Å². The lowest BCUT2D eigenvalue weighted by Gasteiger charge is -2.46. The molecule has 1 heterocycles. The van der Waals surface area contributed by atoms with Crippen molar-refractivity contribution in [1.29, 1.82) is 0 Å². The SMILES string of the molecule is COc1ccc([C@H]2[C@H](Oc3ccccc3)C(=O)N2c2cc(OC)c(OC)c(OC)c2)cc1Cl. The van der Waals surface area contributed by atoms with Crippen LogP contribution in [0.1, 0.15) is 11.6 Å². The van der Waals surface area contributed by atoms with Crippen LogP contribution < -0.4 is 28.6 Å². The molecule has 0 aliphatic carbocycles. The van der Waals surface area contributed by atoms with Crippen LogP contribution in [-0.4, -0.2) is 40.5 Å². The highest BCUT2D eigenvalue weighted by molar-refractivity contribution is 6.32. The summed E-state index contributed by atoms with van der Waals surface area (Å²) < 4.78 is 27.7. The van der Waals surface area contributed by atoms with E-state index in [9.17, 15) is 4.79 Å². The summed E-state index contributed by atoms with van der Waals surface area (Å²) in [5.74, 6) is 2.27. The van der Waals surface area contributed by atoms with Crippen molar-refractivity contribution >= 4 is 23.2 Å². The van der Waals surface area contributed by atoms with E-state index in [1.165, 1.54) is 21.3 Å². The molecule has 0 bridgehead atoms. The molecule has 3 aromatic carbocycles. The Morgan fingerprint density at radius 3 is 1.97 bits per heavy atom. The molecule has 0 unspecified atom stereocenters. The van der Waals surface area contributed by atoms with Gasteiger partial charge in [0.15, 0.2) is 11.5 Å². The molecule has 33 heavy (non-hydrogen) atoms. The zero-order chi connectivity index (χ0) is 23.5. The minimum Gasteiger partial charge on any atom is -0.495 e. The van der Waals surface area contributed by atoms with Gasteiger partial charge in [0, 0.05) is 12.1 Å². The van der Waals surface area contributed by atoms with Crippen LogP contribution in [0.5, 0.6) is 28.7 Å². The zero-order valence-corrected chi connectivity index (χ0v) is 19.5. The fourth-order valence-electron chi connectivity index (χ4n) is 3.91. The number of nitrogens with zero attached hydrogens (tertiary/aromatic N) is 1. The van der Waals surface area contributed by atoms with Gasteiger partial charge in [0.2, 0.25) is 11.9 Å². The van der Waals surface area contributed by atoms with Gasteiger partial charge in [-0.1, -0.05) is 35.9 Å². The average molecular weight is 470 g/mol. The fraction of sp³-hybridized carbons (Fsp3) is 0.240. The first-order chi connectivity index (χ1) is 16.0. The van der Waals surface area contributed by atoms with Gasteiger partial charge < -0.3 is 23.7 Å². The molecule has 1 fully saturated rings. The van der Waals surface area contributed by atoms with Gasteiger partial charge in [0.1, 0.15) is 17.5 Å². The lowest BCUT2D eigenvalue weighted by molar-refractivity contribution is -0.135. The fourth-order valence-corrected chi connectivity index (χ4v) is 4.17. The summed E-state index contributed by atoms with van der Waals surface area (Å²) in [7, 11) is 6.14. The number of para-hydroxylation sites is 1. The number of carbonyl (C=O) groups excluding carboxylic acids is 1. The Bertz CT molecular complexity index is 1130. The van der Waals surface area contributed by atoms with Crippen molar-refractivity contribution < 1.29 is 28.5 Å². The van der Waals surface area contributed by atoms with Crippen molar-refractivity contribution in [3.8, 4) is 28.7 Å². The topological polar surface area (TPSA) is 66.5 Å². The first kappa shape index (κ1) is 22.6. The van der Waals surface area contributed by atoms with Gasteiger partial charge in [-0.2, -0.15) is 0 Å². The molecule has 7 nitrogen and oxygen atoms in total. The molecule has 0 N–H and O–H groups in total. The quantitative estimate of drug-likeness (QED) is 0.437. The van der Waals surface area contributed by atoms with E-state index in [0.29, 0.717) is 39.5 Å². The normalized spacial score (nSPS) is 17.2. The molecular weight excluding hydrogens is 446 g/mol. The number of hydrogen-bond donors (Lipinski definition) is 0. The standard InChI is InChI=1S/C25H24ClNO6/c1-29-19-11-10-15(12-18(19)26)22-24(33-17-8-6-5-7-9-17)25(28)27(22)16-13-20(30-2)23(32-4)21(14-16)31-3/h5-14,22,24H,1-4H3/t22-,24-/m0/s1. The number of ether oxygens (including phenoxy) is 5. The second-order valence-electron chi connectivity index (χ2n) is 7.28. The monoisotopic (exact) mass is 469 g/mol. The molecule has 1 amide bonds. The highest BCUT2D eigenvalue weighted by Gasteiger charge is 2.51. The molecule has 2 atom stereocenters. The van der Waals surface area contributed by atoms with E-state index in [0.717, 1.165) is 5.56 Å². The van der Waals surface area contributed by atoms with Gasteiger partial charge in [-0.15, -0.1) is 0 Å². The van der Waals surface area contributed by atoms with Crippen LogP contribution in [0.3, 0.4) is 0 Å². The van der Waals surface area contributed by atoms with Gasteiger partial charge in [-0.3, -0.25) is 9.69 Å². The predicted molar refractivity (Wildman–Crippen MR) is 125 cm³/mol. The molecule has 8 heteroatoms. The number of β-lactam (4-membered cyclic amide) rings is 1. The van der Waals surface area contributed by atoms with Crippen LogP contribution in [0.2, 0.25) is 5.02 Å². The number of rotatable bonds is 8. The maximum atomic E-state index is 13.3.